The molecule has 2 aliphatic rings. The van der Waals surface area contributed by atoms with Gasteiger partial charge in [-0.2, -0.15) is 0 Å². The predicted octanol–water partition coefficient (Wildman–Crippen LogP) is -0.0307. The standard InChI is InChI=1S/C11H20N2O2/c1-11(3-5-12-6-4-11)10(15)13-7-2-9(14)8-13/h9,12,14H,2-8H2,1H3. The van der Waals surface area contributed by atoms with Crippen LogP contribution in [0.5, 0.6) is 0 Å². The minimum absolute atomic E-state index is 0.199. The van der Waals surface area contributed by atoms with E-state index < -0.39 is 0 Å². The lowest BCUT2D eigenvalue weighted by Crippen LogP contribution is -2.47. The smallest absolute Gasteiger partial charge is 0.228 e. The number of carbonyl (C=O) groups is 1. The summed E-state index contributed by atoms with van der Waals surface area (Å²) in [5.74, 6) is 0.237. The second-order valence-electron chi connectivity index (χ2n) is 5.00. The third kappa shape index (κ3) is 2.16. The van der Waals surface area contributed by atoms with Gasteiger partial charge in [0.25, 0.3) is 0 Å². The molecule has 1 unspecified atom stereocenters. The molecule has 4 nitrogen and oxygen atoms in total. The monoisotopic (exact) mass is 212 g/mol. The lowest BCUT2D eigenvalue weighted by molar-refractivity contribution is -0.142. The number of nitrogens with zero attached hydrogens (tertiary/aromatic N) is 1. The summed E-state index contributed by atoms with van der Waals surface area (Å²) < 4.78 is 0. The van der Waals surface area contributed by atoms with E-state index in [4.69, 9.17) is 0 Å². The Balaban J connectivity index is 1.99. The molecule has 4 heteroatoms. The Labute approximate surface area is 90.6 Å². The third-order valence-electron chi connectivity index (χ3n) is 3.67. The summed E-state index contributed by atoms with van der Waals surface area (Å²) in [5.41, 5.74) is -0.199. The van der Waals surface area contributed by atoms with Gasteiger partial charge in [-0.15, -0.1) is 0 Å². The van der Waals surface area contributed by atoms with E-state index in [1.54, 1.807) is 0 Å². The number of aliphatic hydroxyl groups is 1. The SMILES string of the molecule is CC1(C(=O)N2CCC(O)C2)CCNCC1. The Bertz CT molecular complexity index is 249. The van der Waals surface area contributed by atoms with Gasteiger partial charge in [0, 0.05) is 18.5 Å². The Hall–Kier alpha value is -0.610. The first kappa shape index (κ1) is 10.9. The highest BCUT2D eigenvalue weighted by Crippen LogP contribution is 2.31. The first-order valence-electron chi connectivity index (χ1n) is 5.80. The highest BCUT2D eigenvalue weighted by Gasteiger charge is 2.39. The van der Waals surface area contributed by atoms with Crippen molar-refractivity contribution in [3.63, 3.8) is 0 Å². The van der Waals surface area contributed by atoms with E-state index in [0.717, 1.165) is 38.9 Å². The molecule has 0 spiro atoms. The van der Waals surface area contributed by atoms with Crippen LogP contribution in [0.3, 0.4) is 0 Å². The topological polar surface area (TPSA) is 52.6 Å². The van der Waals surface area contributed by atoms with Gasteiger partial charge < -0.3 is 15.3 Å². The minimum atomic E-state index is -0.306. The molecule has 0 saturated carbocycles. The minimum Gasteiger partial charge on any atom is -0.391 e. The Morgan fingerprint density at radius 1 is 1.47 bits per heavy atom. The van der Waals surface area contributed by atoms with Crippen LogP contribution in [0.15, 0.2) is 0 Å². The van der Waals surface area contributed by atoms with Crippen LogP contribution in [0.4, 0.5) is 0 Å². The summed E-state index contributed by atoms with van der Waals surface area (Å²) in [5, 5.41) is 12.7. The summed E-state index contributed by atoms with van der Waals surface area (Å²) >= 11 is 0. The number of hydrogen-bond acceptors (Lipinski definition) is 3. The molecule has 0 aromatic rings. The normalized spacial score (nSPS) is 30.5. The number of nitrogens with one attached hydrogen (secondary N) is 1. The van der Waals surface area contributed by atoms with Crippen molar-refractivity contribution < 1.29 is 9.90 Å². The molecular formula is C11H20N2O2. The van der Waals surface area contributed by atoms with Crippen molar-refractivity contribution in [2.24, 2.45) is 5.41 Å². The first-order valence-corrected chi connectivity index (χ1v) is 5.80. The van der Waals surface area contributed by atoms with E-state index >= 15 is 0 Å². The van der Waals surface area contributed by atoms with E-state index in [1.165, 1.54) is 0 Å². The fraction of sp³-hybridized carbons (Fsp3) is 0.909. The second-order valence-corrected chi connectivity index (χ2v) is 5.00. The molecular weight excluding hydrogens is 192 g/mol. The Morgan fingerprint density at radius 2 is 2.13 bits per heavy atom. The molecule has 15 heavy (non-hydrogen) atoms. The first-order chi connectivity index (χ1) is 7.12. The van der Waals surface area contributed by atoms with Gasteiger partial charge >= 0.3 is 0 Å². The summed E-state index contributed by atoms with van der Waals surface area (Å²) in [7, 11) is 0. The van der Waals surface area contributed by atoms with Crippen molar-refractivity contribution in [2.45, 2.75) is 32.3 Å². The molecule has 0 aromatic carbocycles. The summed E-state index contributed by atoms with van der Waals surface area (Å²) in [4.78, 5) is 14.1. The van der Waals surface area contributed by atoms with Crippen molar-refractivity contribution in [1.82, 2.24) is 10.2 Å². The van der Waals surface area contributed by atoms with E-state index in [9.17, 15) is 9.90 Å². The van der Waals surface area contributed by atoms with Crippen molar-refractivity contribution in [1.29, 1.82) is 0 Å². The van der Waals surface area contributed by atoms with Crippen molar-refractivity contribution in [3.05, 3.63) is 0 Å². The Kier molecular flexibility index (Phi) is 2.98. The zero-order chi connectivity index (χ0) is 10.9. The van der Waals surface area contributed by atoms with E-state index in [1.807, 2.05) is 4.90 Å². The largest absolute Gasteiger partial charge is 0.391 e. The van der Waals surface area contributed by atoms with Gasteiger partial charge in [0.2, 0.25) is 5.91 Å². The van der Waals surface area contributed by atoms with Crippen LogP contribution in [0.1, 0.15) is 26.2 Å². The summed E-state index contributed by atoms with van der Waals surface area (Å²) in [6.45, 7) is 5.17. The lowest BCUT2D eigenvalue weighted by Gasteiger charge is -2.35. The number of β-amino-alcohol motifs (C(OH)–C–C–N with tert-alkyl or cyclic N) is 1. The summed E-state index contributed by atoms with van der Waals surface area (Å²) in [6.07, 6.45) is 2.26. The summed E-state index contributed by atoms with van der Waals surface area (Å²) in [6, 6.07) is 0. The van der Waals surface area contributed by atoms with Gasteiger partial charge in [0.1, 0.15) is 0 Å². The quantitative estimate of drug-likeness (QED) is 0.642. The number of rotatable bonds is 1. The zero-order valence-electron chi connectivity index (χ0n) is 9.33. The van der Waals surface area contributed by atoms with E-state index in [-0.39, 0.29) is 17.4 Å². The maximum atomic E-state index is 12.3. The van der Waals surface area contributed by atoms with Crippen LogP contribution in [0.2, 0.25) is 0 Å². The highest BCUT2D eigenvalue weighted by molar-refractivity contribution is 5.82. The molecule has 0 bridgehead atoms. The number of hydrogen-bond donors (Lipinski definition) is 2. The van der Waals surface area contributed by atoms with Crippen LogP contribution in [-0.4, -0.2) is 48.2 Å². The van der Waals surface area contributed by atoms with Gasteiger partial charge in [-0.25, -0.2) is 0 Å². The van der Waals surface area contributed by atoms with E-state index in [0.29, 0.717) is 6.54 Å². The maximum absolute atomic E-state index is 12.3. The molecule has 1 amide bonds. The van der Waals surface area contributed by atoms with Crippen LogP contribution in [0, 0.1) is 5.41 Å². The molecule has 0 aromatic heterocycles. The number of piperidine rings is 1. The third-order valence-corrected chi connectivity index (χ3v) is 3.67. The maximum Gasteiger partial charge on any atom is 0.228 e. The van der Waals surface area contributed by atoms with Crippen LogP contribution in [0.25, 0.3) is 0 Å². The molecule has 2 fully saturated rings. The average Bonchev–Trinajstić information content (AvgIpc) is 2.65. The van der Waals surface area contributed by atoms with Crippen LogP contribution < -0.4 is 5.32 Å². The molecule has 2 rings (SSSR count). The molecule has 2 saturated heterocycles. The number of likely N-dealkylation sites (tertiary alicyclic amines) is 1. The highest BCUT2D eigenvalue weighted by atomic mass is 16.3. The molecule has 0 aliphatic carbocycles. The number of aliphatic hydroxyl groups excluding tert-OH is 1. The number of carbonyl (C=O) groups excluding carboxylic acids is 1. The van der Waals surface area contributed by atoms with Crippen molar-refractivity contribution in [2.75, 3.05) is 26.2 Å². The molecule has 0 radical (unpaired) electrons. The lowest BCUT2D eigenvalue weighted by atomic mass is 9.80. The second kappa shape index (κ2) is 4.10. The fourth-order valence-electron chi connectivity index (χ4n) is 2.50. The predicted molar refractivity (Wildman–Crippen MR) is 57.4 cm³/mol. The Morgan fingerprint density at radius 3 is 2.67 bits per heavy atom. The molecule has 1 atom stereocenters. The molecule has 2 aliphatic heterocycles. The zero-order valence-corrected chi connectivity index (χ0v) is 9.33. The molecule has 2 N–H and O–H groups in total. The van der Waals surface area contributed by atoms with Gasteiger partial charge in [0.15, 0.2) is 0 Å². The van der Waals surface area contributed by atoms with Crippen molar-refractivity contribution >= 4 is 5.91 Å². The van der Waals surface area contributed by atoms with Gasteiger partial charge in [-0.05, 0) is 32.4 Å². The van der Waals surface area contributed by atoms with Gasteiger partial charge in [-0.3, -0.25) is 4.79 Å². The average molecular weight is 212 g/mol. The fourth-order valence-corrected chi connectivity index (χ4v) is 2.50. The van der Waals surface area contributed by atoms with E-state index in [2.05, 4.69) is 12.2 Å². The van der Waals surface area contributed by atoms with Gasteiger partial charge in [-0.1, -0.05) is 6.92 Å². The van der Waals surface area contributed by atoms with Crippen LogP contribution >= 0.6 is 0 Å². The van der Waals surface area contributed by atoms with Gasteiger partial charge in [0.05, 0.1) is 6.10 Å². The van der Waals surface area contributed by atoms with Crippen LogP contribution in [-0.2, 0) is 4.79 Å². The molecule has 86 valence electrons. The number of amides is 1. The molecule has 2 heterocycles. The van der Waals surface area contributed by atoms with Crippen molar-refractivity contribution in [3.8, 4) is 0 Å².